The van der Waals surface area contributed by atoms with Crippen LogP contribution in [0.1, 0.15) is 12.0 Å². The van der Waals surface area contributed by atoms with E-state index in [1.54, 1.807) is 0 Å². The molecule has 0 aromatic heterocycles. The van der Waals surface area contributed by atoms with Gasteiger partial charge in [-0.05, 0) is 18.1 Å². The van der Waals surface area contributed by atoms with Crippen LogP contribution < -0.4 is 0 Å². The van der Waals surface area contributed by atoms with E-state index in [1.807, 2.05) is 0 Å². The summed E-state index contributed by atoms with van der Waals surface area (Å²) in [4.78, 5) is 9.98. The van der Waals surface area contributed by atoms with Gasteiger partial charge < -0.3 is 9.90 Å². The van der Waals surface area contributed by atoms with Crippen LogP contribution >= 0.6 is 0 Å². The molecule has 2 nitrogen and oxygen atoms in total. The van der Waals surface area contributed by atoms with Gasteiger partial charge in [0.25, 0.3) is 0 Å². The maximum Gasteiger partial charge on any atom is 0.167 e. The quantitative estimate of drug-likeness (QED) is 0.731. The summed E-state index contributed by atoms with van der Waals surface area (Å²) in [5.74, 6) is -2.33. The molecule has 0 aliphatic carbocycles. The van der Waals surface area contributed by atoms with E-state index < -0.39 is 17.4 Å². The van der Waals surface area contributed by atoms with E-state index >= 15 is 0 Å². The number of aryl methyl sites for hydroxylation is 1. The molecule has 0 bridgehead atoms. The van der Waals surface area contributed by atoms with Gasteiger partial charge in [0, 0.05) is 12.5 Å². The van der Waals surface area contributed by atoms with E-state index in [1.165, 1.54) is 0 Å². The molecule has 1 N–H and O–H groups in total. The number of phenolic OH excluding ortho intramolecular Hbond substituents is 1. The highest BCUT2D eigenvalue weighted by Gasteiger charge is 2.08. The van der Waals surface area contributed by atoms with Crippen molar-refractivity contribution < 1.29 is 18.7 Å². The molecular formula is C9H8F2O2. The van der Waals surface area contributed by atoms with Gasteiger partial charge in [0.15, 0.2) is 11.6 Å². The number of hydrogen-bond donors (Lipinski definition) is 1. The fourth-order valence-corrected chi connectivity index (χ4v) is 0.987. The summed E-state index contributed by atoms with van der Waals surface area (Å²) < 4.78 is 25.4. The summed E-state index contributed by atoms with van der Waals surface area (Å²) in [7, 11) is 0. The lowest BCUT2D eigenvalue weighted by molar-refractivity contribution is -0.107. The average molecular weight is 186 g/mol. The maximum atomic E-state index is 12.9. The molecule has 0 saturated carbocycles. The van der Waals surface area contributed by atoms with Gasteiger partial charge in [-0.15, -0.1) is 0 Å². The Morgan fingerprint density at radius 3 is 2.62 bits per heavy atom. The van der Waals surface area contributed by atoms with Gasteiger partial charge in [0.1, 0.15) is 12.1 Å². The van der Waals surface area contributed by atoms with Crippen LogP contribution in [0.25, 0.3) is 0 Å². The first-order valence-electron chi connectivity index (χ1n) is 3.75. The molecule has 0 atom stereocenters. The molecule has 70 valence electrons. The average Bonchev–Trinajstić information content (AvgIpc) is 2.09. The van der Waals surface area contributed by atoms with Crippen molar-refractivity contribution in [3.8, 4) is 5.75 Å². The molecular weight excluding hydrogens is 178 g/mol. The van der Waals surface area contributed by atoms with Crippen molar-refractivity contribution in [3.05, 3.63) is 29.3 Å². The molecule has 0 fully saturated rings. The number of aromatic hydroxyl groups is 1. The van der Waals surface area contributed by atoms with Crippen molar-refractivity contribution in [2.75, 3.05) is 0 Å². The van der Waals surface area contributed by atoms with Gasteiger partial charge in [-0.3, -0.25) is 0 Å². The third kappa shape index (κ3) is 2.24. The van der Waals surface area contributed by atoms with Crippen molar-refractivity contribution in [1.29, 1.82) is 0 Å². The van der Waals surface area contributed by atoms with Crippen LogP contribution in [0.15, 0.2) is 12.1 Å². The molecule has 0 spiro atoms. The Labute approximate surface area is 73.8 Å². The number of benzene rings is 1. The van der Waals surface area contributed by atoms with E-state index in [0.29, 0.717) is 12.4 Å². The van der Waals surface area contributed by atoms with Crippen LogP contribution in [0.2, 0.25) is 0 Å². The molecule has 0 radical (unpaired) electrons. The highest BCUT2D eigenvalue weighted by atomic mass is 19.1. The molecule has 0 aliphatic rings. The first-order valence-corrected chi connectivity index (χ1v) is 3.75. The zero-order chi connectivity index (χ0) is 9.84. The highest BCUT2D eigenvalue weighted by molar-refractivity contribution is 5.50. The molecule has 0 unspecified atom stereocenters. The fourth-order valence-electron chi connectivity index (χ4n) is 0.987. The summed E-state index contributed by atoms with van der Waals surface area (Å²) in [6.07, 6.45) is 0.963. The van der Waals surface area contributed by atoms with E-state index in [-0.39, 0.29) is 18.4 Å². The van der Waals surface area contributed by atoms with Crippen molar-refractivity contribution in [1.82, 2.24) is 0 Å². The number of halogens is 2. The summed E-state index contributed by atoms with van der Waals surface area (Å²) in [6.45, 7) is 0. The number of rotatable bonds is 3. The van der Waals surface area contributed by atoms with E-state index in [9.17, 15) is 13.6 Å². The van der Waals surface area contributed by atoms with Crippen molar-refractivity contribution >= 4 is 6.29 Å². The highest BCUT2D eigenvalue weighted by Crippen LogP contribution is 2.20. The first kappa shape index (κ1) is 9.64. The molecule has 1 aromatic carbocycles. The Balaban J connectivity index is 2.94. The van der Waals surface area contributed by atoms with Crippen molar-refractivity contribution in [2.45, 2.75) is 12.8 Å². The molecule has 1 aromatic rings. The zero-order valence-corrected chi connectivity index (χ0v) is 6.76. The molecule has 0 saturated heterocycles. The van der Waals surface area contributed by atoms with Gasteiger partial charge in [-0.25, -0.2) is 8.78 Å². The minimum atomic E-state index is -0.993. The summed E-state index contributed by atoms with van der Waals surface area (Å²) >= 11 is 0. The van der Waals surface area contributed by atoms with Crippen LogP contribution in [-0.2, 0) is 11.2 Å². The lowest BCUT2D eigenvalue weighted by Gasteiger charge is -2.02. The third-order valence-corrected chi connectivity index (χ3v) is 1.65. The molecule has 4 heteroatoms. The van der Waals surface area contributed by atoms with Gasteiger partial charge in [0.05, 0.1) is 0 Å². The van der Waals surface area contributed by atoms with Crippen LogP contribution in [0.4, 0.5) is 8.78 Å². The monoisotopic (exact) mass is 186 g/mol. The molecule has 1 rings (SSSR count). The fraction of sp³-hybridized carbons (Fsp3) is 0.222. The normalized spacial score (nSPS) is 10.0. The second kappa shape index (κ2) is 3.98. The van der Waals surface area contributed by atoms with Crippen LogP contribution in [0.3, 0.4) is 0 Å². The summed E-state index contributed by atoms with van der Waals surface area (Å²) in [6, 6.07) is 1.60. The van der Waals surface area contributed by atoms with Crippen LogP contribution in [0, 0.1) is 11.6 Å². The van der Waals surface area contributed by atoms with E-state index in [4.69, 9.17) is 5.11 Å². The number of phenols is 1. The van der Waals surface area contributed by atoms with E-state index in [0.717, 1.165) is 6.07 Å². The Kier molecular flexibility index (Phi) is 2.95. The maximum absolute atomic E-state index is 12.9. The topological polar surface area (TPSA) is 37.3 Å². The molecule has 0 aliphatic heterocycles. The van der Waals surface area contributed by atoms with Gasteiger partial charge in [0.2, 0.25) is 0 Å². The predicted molar refractivity (Wildman–Crippen MR) is 42.4 cm³/mol. The molecule has 0 amide bonds. The first-order chi connectivity index (χ1) is 6.15. The number of carbonyl (C=O) groups excluding carboxylic acids is 1. The van der Waals surface area contributed by atoms with Gasteiger partial charge >= 0.3 is 0 Å². The van der Waals surface area contributed by atoms with Crippen LogP contribution in [-0.4, -0.2) is 11.4 Å². The standard InChI is InChI=1S/C9H8F2O2/c10-7-5-8(11)9(13)4-6(7)2-1-3-12/h3-5,13H,1-2H2. The van der Waals surface area contributed by atoms with E-state index in [2.05, 4.69) is 0 Å². The second-order valence-electron chi connectivity index (χ2n) is 2.60. The number of carbonyl (C=O) groups is 1. The lowest BCUT2D eigenvalue weighted by Crippen LogP contribution is -1.93. The largest absolute Gasteiger partial charge is 0.505 e. The second-order valence-corrected chi connectivity index (χ2v) is 2.60. The lowest BCUT2D eigenvalue weighted by atomic mass is 10.1. The zero-order valence-electron chi connectivity index (χ0n) is 6.76. The minimum Gasteiger partial charge on any atom is -0.505 e. The SMILES string of the molecule is O=CCCc1cc(O)c(F)cc1F. The molecule has 13 heavy (non-hydrogen) atoms. The third-order valence-electron chi connectivity index (χ3n) is 1.65. The summed E-state index contributed by atoms with van der Waals surface area (Å²) in [5, 5.41) is 8.89. The Morgan fingerprint density at radius 1 is 1.31 bits per heavy atom. The van der Waals surface area contributed by atoms with Gasteiger partial charge in [-0.1, -0.05) is 0 Å². The Morgan fingerprint density at radius 2 is 2.00 bits per heavy atom. The summed E-state index contributed by atoms with van der Waals surface area (Å²) in [5.41, 5.74) is 0.144. The number of aldehydes is 1. The molecule has 0 heterocycles. The minimum absolute atomic E-state index is 0.144. The van der Waals surface area contributed by atoms with Crippen LogP contribution in [0.5, 0.6) is 5.75 Å². The Hall–Kier alpha value is -1.45. The number of hydrogen-bond acceptors (Lipinski definition) is 2. The Bertz CT molecular complexity index is 324. The van der Waals surface area contributed by atoms with Crippen molar-refractivity contribution in [2.24, 2.45) is 0 Å². The van der Waals surface area contributed by atoms with Gasteiger partial charge in [-0.2, -0.15) is 0 Å². The predicted octanol–water partition coefficient (Wildman–Crippen LogP) is 1.80. The smallest absolute Gasteiger partial charge is 0.167 e. The van der Waals surface area contributed by atoms with Crippen molar-refractivity contribution in [3.63, 3.8) is 0 Å².